The zero-order valence-electron chi connectivity index (χ0n) is 14.5. The lowest BCUT2D eigenvalue weighted by atomic mass is 10.2. The normalized spacial score (nSPS) is 10.9. The van der Waals surface area contributed by atoms with E-state index in [1.54, 1.807) is 0 Å². The Morgan fingerprint density at radius 1 is 1.21 bits per heavy atom. The minimum atomic E-state index is -3.66. The summed E-state index contributed by atoms with van der Waals surface area (Å²) in [4.78, 5) is 34.1. The largest absolute Gasteiger partial charge is 0.452 e. The van der Waals surface area contributed by atoms with Crippen molar-refractivity contribution in [3.8, 4) is 0 Å². The first kappa shape index (κ1) is 21.3. The molecule has 0 atom stereocenters. The SMILES string of the molecule is CCS(=O)(=O)c1ccccc1C(=O)OCC(=O)Nc1cc([N+](=O)[O-])ccc1Cl. The second-order valence-corrected chi connectivity index (χ2v) is 8.10. The average molecular weight is 427 g/mol. The monoisotopic (exact) mass is 426 g/mol. The van der Waals surface area contributed by atoms with Crippen molar-refractivity contribution in [1.82, 2.24) is 0 Å². The molecule has 0 spiro atoms. The van der Waals surface area contributed by atoms with Crippen LogP contribution in [0.25, 0.3) is 0 Å². The molecular weight excluding hydrogens is 412 g/mol. The number of hydrogen-bond acceptors (Lipinski definition) is 7. The number of esters is 1. The van der Waals surface area contributed by atoms with Gasteiger partial charge in [-0.25, -0.2) is 13.2 Å². The Morgan fingerprint density at radius 2 is 1.89 bits per heavy atom. The highest BCUT2D eigenvalue weighted by atomic mass is 35.5. The number of benzene rings is 2. The summed E-state index contributed by atoms with van der Waals surface area (Å²) < 4.78 is 29.0. The molecule has 9 nitrogen and oxygen atoms in total. The van der Waals surface area contributed by atoms with Gasteiger partial charge < -0.3 is 10.1 Å². The zero-order chi connectivity index (χ0) is 20.9. The fourth-order valence-electron chi connectivity index (χ4n) is 2.18. The Kier molecular flexibility index (Phi) is 6.71. The van der Waals surface area contributed by atoms with Gasteiger partial charge in [-0.2, -0.15) is 0 Å². The van der Waals surface area contributed by atoms with Gasteiger partial charge >= 0.3 is 5.97 Å². The summed E-state index contributed by atoms with van der Waals surface area (Å²) in [5.41, 5.74) is -0.494. The highest BCUT2D eigenvalue weighted by molar-refractivity contribution is 7.91. The Hall–Kier alpha value is -2.98. The lowest BCUT2D eigenvalue weighted by Crippen LogP contribution is -2.22. The summed E-state index contributed by atoms with van der Waals surface area (Å²) >= 11 is 5.88. The van der Waals surface area contributed by atoms with Gasteiger partial charge in [0, 0.05) is 12.1 Å². The number of carbonyl (C=O) groups is 2. The number of nitro groups is 1. The number of nitrogens with zero attached hydrogens (tertiary/aromatic N) is 1. The maximum atomic E-state index is 12.2. The van der Waals surface area contributed by atoms with Crippen LogP contribution in [0, 0.1) is 10.1 Å². The van der Waals surface area contributed by atoms with Crippen LogP contribution in [0.4, 0.5) is 11.4 Å². The van der Waals surface area contributed by atoms with E-state index < -0.39 is 33.2 Å². The van der Waals surface area contributed by atoms with E-state index >= 15 is 0 Å². The van der Waals surface area contributed by atoms with Gasteiger partial charge in [0.25, 0.3) is 11.6 Å². The molecule has 2 aromatic rings. The van der Waals surface area contributed by atoms with Crippen LogP contribution in [0.3, 0.4) is 0 Å². The van der Waals surface area contributed by atoms with Gasteiger partial charge in [-0.1, -0.05) is 30.7 Å². The maximum Gasteiger partial charge on any atom is 0.339 e. The third kappa shape index (κ3) is 5.05. The van der Waals surface area contributed by atoms with Gasteiger partial charge in [-0.15, -0.1) is 0 Å². The van der Waals surface area contributed by atoms with E-state index in [1.165, 1.54) is 43.3 Å². The smallest absolute Gasteiger partial charge is 0.339 e. The molecular formula is C17H15ClN2O7S. The van der Waals surface area contributed by atoms with Crippen molar-refractivity contribution in [2.75, 3.05) is 17.7 Å². The van der Waals surface area contributed by atoms with Crippen LogP contribution in [0.1, 0.15) is 17.3 Å². The Labute approximate surface area is 165 Å². The van der Waals surface area contributed by atoms with Crippen molar-refractivity contribution in [3.05, 3.63) is 63.2 Å². The second-order valence-electron chi connectivity index (χ2n) is 5.45. The van der Waals surface area contributed by atoms with Gasteiger partial charge in [0.05, 0.1) is 31.8 Å². The number of anilines is 1. The molecule has 11 heteroatoms. The van der Waals surface area contributed by atoms with Gasteiger partial charge in [0.2, 0.25) is 0 Å². The lowest BCUT2D eigenvalue weighted by molar-refractivity contribution is -0.384. The molecule has 0 aliphatic heterocycles. The number of carbonyl (C=O) groups excluding carboxylic acids is 2. The summed E-state index contributed by atoms with van der Waals surface area (Å²) in [6, 6.07) is 8.96. The average Bonchev–Trinajstić information content (AvgIpc) is 2.67. The quantitative estimate of drug-likeness (QED) is 0.408. The number of hydrogen-bond donors (Lipinski definition) is 1. The molecule has 0 unspecified atom stereocenters. The Morgan fingerprint density at radius 3 is 2.54 bits per heavy atom. The van der Waals surface area contributed by atoms with Crippen molar-refractivity contribution >= 4 is 44.7 Å². The molecule has 1 N–H and O–H groups in total. The molecule has 2 rings (SSSR count). The summed E-state index contributed by atoms with van der Waals surface area (Å²) in [5, 5.41) is 13.1. The van der Waals surface area contributed by atoms with Crippen LogP contribution in [0.5, 0.6) is 0 Å². The van der Waals surface area contributed by atoms with E-state index in [0.29, 0.717) is 0 Å². The number of rotatable bonds is 7. The first-order valence-electron chi connectivity index (χ1n) is 7.88. The molecule has 1 amide bonds. The van der Waals surface area contributed by atoms with E-state index in [9.17, 15) is 28.1 Å². The molecule has 0 heterocycles. The van der Waals surface area contributed by atoms with Crippen LogP contribution in [0.2, 0.25) is 5.02 Å². The maximum absolute atomic E-state index is 12.2. The van der Waals surface area contributed by atoms with E-state index in [-0.39, 0.29) is 32.6 Å². The molecule has 0 bridgehead atoms. The van der Waals surface area contributed by atoms with Gasteiger partial charge in [-0.05, 0) is 18.2 Å². The Bertz CT molecular complexity index is 1040. The number of halogens is 1. The molecule has 0 radical (unpaired) electrons. The van der Waals surface area contributed by atoms with Crippen molar-refractivity contribution in [2.24, 2.45) is 0 Å². The topological polar surface area (TPSA) is 133 Å². The van der Waals surface area contributed by atoms with Crippen LogP contribution in [-0.4, -0.2) is 37.6 Å². The number of nitro benzene ring substituents is 1. The van der Waals surface area contributed by atoms with Crippen LogP contribution in [0.15, 0.2) is 47.4 Å². The van der Waals surface area contributed by atoms with Crippen molar-refractivity contribution in [3.63, 3.8) is 0 Å². The number of ether oxygens (including phenoxy) is 1. The summed E-state index contributed by atoms with van der Waals surface area (Å²) in [5.74, 6) is -2.00. The molecule has 0 fully saturated rings. The summed E-state index contributed by atoms with van der Waals surface area (Å²) in [6.45, 7) is 0.700. The first-order chi connectivity index (χ1) is 13.2. The molecule has 2 aromatic carbocycles. The second kappa shape index (κ2) is 8.81. The van der Waals surface area contributed by atoms with Crippen molar-refractivity contribution in [1.29, 1.82) is 0 Å². The van der Waals surface area contributed by atoms with E-state index in [4.69, 9.17) is 16.3 Å². The number of sulfone groups is 1. The molecule has 0 aromatic heterocycles. The highest BCUT2D eigenvalue weighted by Gasteiger charge is 2.22. The van der Waals surface area contributed by atoms with E-state index in [2.05, 4.69) is 5.32 Å². The summed E-state index contributed by atoms with van der Waals surface area (Å²) in [7, 11) is -3.66. The molecule has 28 heavy (non-hydrogen) atoms. The highest BCUT2D eigenvalue weighted by Crippen LogP contribution is 2.26. The minimum Gasteiger partial charge on any atom is -0.452 e. The van der Waals surface area contributed by atoms with Gasteiger partial charge in [-0.3, -0.25) is 14.9 Å². The lowest BCUT2D eigenvalue weighted by Gasteiger charge is -2.10. The third-order valence-electron chi connectivity index (χ3n) is 3.59. The Balaban J connectivity index is 2.10. The van der Waals surface area contributed by atoms with Crippen molar-refractivity contribution < 1.29 is 27.7 Å². The predicted octanol–water partition coefficient (Wildman–Crippen LogP) is 2.84. The molecule has 0 saturated heterocycles. The van der Waals surface area contributed by atoms with Crippen LogP contribution in [-0.2, 0) is 19.4 Å². The predicted molar refractivity (Wildman–Crippen MR) is 101 cm³/mol. The molecule has 0 aliphatic carbocycles. The molecule has 148 valence electrons. The summed E-state index contributed by atoms with van der Waals surface area (Å²) in [6.07, 6.45) is 0. The van der Waals surface area contributed by atoms with Crippen LogP contribution < -0.4 is 5.32 Å². The molecule has 0 saturated carbocycles. The van der Waals surface area contributed by atoms with Crippen LogP contribution >= 0.6 is 11.6 Å². The minimum absolute atomic E-state index is 0.0223. The van der Waals surface area contributed by atoms with Gasteiger partial charge in [0.15, 0.2) is 16.4 Å². The number of amides is 1. The zero-order valence-corrected chi connectivity index (χ0v) is 16.1. The van der Waals surface area contributed by atoms with E-state index in [0.717, 1.165) is 6.07 Å². The van der Waals surface area contributed by atoms with Crippen molar-refractivity contribution in [2.45, 2.75) is 11.8 Å². The number of non-ortho nitro benzene ring substituents is 1. The molecule has 0 aliphatic rings. The third-order valence-corrected chi connectivity index (χ3v) is 5.71. The van der Waals surface area contributed by atoms with E-state index in [1.807, 2.05) is 0 Å². The fraction of sp³-hybridized carbons (Fsp3) is 0.176. The number of nitrogens with one attached hydrogen (secondary N) is 1. The van der Waals surface area contributed by atoms with Gasteiger partial charge in [0.1, 0.15) is 0 Å². The first-order valence-corrected chi connectivity index (χ1v) is 9.91. The standard InChI is InChI=1S/C17H15ClN2O7S/c1-2-28(25,26)15-6-4-3-5-12(15)17(22)27-10-16(21)19-14-9-11(20(23)24)7-8-13(14)18/h3-9H,2,10H2,1H3,(H,19,21). The fourth-order valence-corrected chi connectivity index (χ4v) is 3.43.